The van der Waals surface area contributed by atoms with Gasteiger partial charge < -0.3 is 37.2 Å². The predicted octanol–water partition coefficient (Wildman–Crippen LogP) is -7.78. The van der Waals surface area contributed by atoms with Crippen molar-refractivity contribution in [1.82, 2.24) is 0 Å². The maximum absolute atomic E-state index is 8.98. The Bertz CT molecular complexity index is 35.4. The van der Waals surface area contributed by atoms with Gasteiger partial charge in [0.05, 0.1) is 0 Å². The Labute approximate surface area is 86.8 Å². The van der Waals surface area contributed by atoms with Crippen molar-refractivity contribution in [2.24, 2.45) is 0 Å². The molecule has 0 aromatic heterocycles. The number of rotatable bonds is 0. The summed E-state index contributed by atoms with van der Waals surface area (Å²) in [5, 5.41) is 0. The third-order valence-corrected chi connectivity index (χ3v) is 0. The summed E-state index contributed by atoms with van der Waals surface area (Å²) in [4.78, 5) is 8.98. The molecule has 0 spiro atoms. The molecule has 0 aliphatic carbocycles. The molecule has 1 nitrogen and oxygen atoms in total. The summed E-state index contributed by atoms with van der Waals surface area (Å²) >= 11 is 8.80. The molecule has 0 atom stereocenters. The van der Waals surface area contributed by atoms with E-state index >= 15 is 0 Å². The van der Waals surface area contributed by atoms with Crippen molar-refractivity contribution in [1.29, 1.82) is 0 Å². The Hall–Kier alpha value is 1.65. The first kappa shape index (κ1) is 33.4. The van der Waals surface area contributed by atoms with Gasteiger partial charge in [0.1, 0.15) is 0 Å². The molecule has 0 fully saturated rings. The molecule has 0 N–H and O–H groups in total. The fourth-order valence-corrected chi connectivity index (χ4v) is 0. The van der Waals surface area contributed by atoms with Crippen LogP contribution < -0.4 is 37.2 Å². The van der Waals surface area contributed by atoms with E-state index < -0.39 is 4.70 Å². The fraction of sp³-hybridized carbons (Fsp3) is 0. The largest absolute Gasteiger partial charge is 3.00 e. The second-order valence-electron chi connectivity index (χ2n) is 0.226. The van der Waals surface area contributed by atoms with Gasteiger partial charge in [0.15, 0.2) is 0 Å². The van der Waals surface area contributed by atoms with Gasteiger partial charge in [-0.25, -0.2) is 0 Å². The van der Waals surface area contributed by atoms with Crippen molar-refractivity contribution in [3.05, 3.63) is 0 Å². The van der Waals surface area contributed by atoms with Gasteiger partial charge in [-0.05, 0) is 23.2 Å². The van der Waals surface area contributed by atoms with Crippen LogP contribution in [0.15, 0.2) is 0 Å². The molecule has 48 valence electrons. The average molecular weight is 232 g/mol. The Morgan fingerprint density at radius 2 is 1.00 bits per heavy atom. The van der Waals surface area contributed by atoms with Gasteiger partial charge in [0.25, 0.3) is 0 Å². The van der Waals surface area contributed by atoms with Gasteiger partial charge in [0, 0.05) is 0 Å². The van der Waals surface area contributed by atoms with Gasteiger partial charge in [-0.1, -0.05) is 0 Å². The van der Waals surface area contributed by atoms with Gasteiger partial charge in [-0.3, -0.25) is 4.79 Å². The summed E-state index contributed by atoms with van der Waals surface area (Å²) in [5.74, 6) is 0. The first-order valence-electron chi connectivity index (χ1n) is 0.582. The van der Waals surface area contributed by atoms with E-state index in [2.05, 4.69) is 23.2 Å². The molecule has 0 radical (unpaired) electrons. The molecule has 7 heteroatoms. The number of carbonyl (C=O) groups excluding carboxylic acids is 1. The minimum Gasteiger partial charge on any atom is -1.00 e. The van der Waals surface area contributed by atoms with Crippen molar-refractivity contribution in [3.8, 4) is 0 Å². The van der Waals surface area contributed by atoms with E-state index in [1.165, 1.54) is 0 Å². The second kappa shape index (κ2) is 23.4. The summed E-state index contributed by atoms with van der Waals surface area (Å²) in [6, 6.07) is 0. The Morgan fingerprint density at radius 1 is 1.00 bits per heavy atom. The number of carbonyl (C=O) groups is 1. The Kier molecular flexibility index (Phi) is 97.7. The smallest absolute Gasteiger partial charge is 1.00 e. The number of hydrogen-bond donors (Lipinski definition) is 0. The fourth-order valence-electron chi connectivity index (χ4n) is 0. The van der Waals surface area contributed by atoms with Crippen LogP contribution in [0.1, 0.15) is 0 Å². The monoisotopic (exact) mass is 230 g/mol. The number of halogens is 5. The van der Waals surface area contributed by atoms with Crippen LogP contribution in [0.25, 0.3) is 0 Å². The van der Waals surface area contributed by atoms with Crippen LogP contribution >= 0.6 is 23.2 Å². The van der Waals surface area contributed by atoms with Crippen LogP contribution in [0.5, 0.6) is 0 Å². The molecule has 0 aliphatic heterocycles. The maximum atomic E-state index is 8.98. The Balaban J connectivity index is -0.00000000750. The quantitative estimate of drug-likeness (QED) is 0.299. The van der Waals surface area contributed by atoms with E-state index in [-0.39, 0.29) is 54.6 Å². The van der Waals surface area contributed by atoms with E-state index in [1.807, 2.05) is 0 Å². The summed E-state index contributed by atoms with van der Waals surface area (Å²) in [6.45, 7) is 0. The van der Waals surface area contributed by atoms with Crippen molar-refractivity contribution in [2.75, 3.05) is 0 Å². The molecule has 0 bridgehead atoms. The van der Waals surface area contributed by atoms with Crippen LogP contribution in [-0.2, 0) is 0 Å². The van der Waals surface area contributed by atoms with Crippen LogP contribution in [0.2, 0.25) is 0 Å². The molecule has 0 amide bonds. The minimum absolute atomic E-state index is 0. The standard InChI is InChI=1S/CCl2O.Al.3ClH/c2-1(3)4;;;;/h;;3*1H/q;+3;;;/p-3. The summed E-state index contributed by atoms with van der Waals surface area (Å²) < 4.78 is -0.889. The SMILES string of the molecule is O=C(Cl)Cl.[Al+3].[Cl-].[Cl-].[Cl-]. The van der Waals surface area contributed by atoms with E-state index in [0.717, 1.165) is 0 Å². The van der Waals surface area contributed by atoms with Crippen molar-refractivity contribution >= 4 is 45.3 Å². The molecule has 0 saturated carbocycles. The normalized spacial score (nSPS) is 3.25. The predicted molar refractivity (Wildman–Crippen MR) is 22.9 cm³/mol. The van der Waals surface area contributed by atoms with Gasteiger partial charge in [-0.15, -0.1) is 0 Å². The van der Waals surface area contributed by atoms with Gasteiger partial charge in [-0.2, -0.15) is 0 Å². The maximum Gasteiger partial charge on any atom is 3.00 e. The summed E-state index contributed by atoms with van der Waals surface area (Å²) in [7, 11) is 0. The van der Waals surface area contributed by atoms with E-state index in [0.29, 0.717) is 0 Å². The van der Waals surface area contributed by atoms with Crippen molar-refractivity contribution < 1.29 is 42.0 Å². The third kappa shape index (κ3) is 124. The molecule has 0 aromatic rings. The molecule has 8 heavy (non-hydrogen) atoms. The number of hydrogen-bond acceptors (Lipinski definition) is 1. The second-order valence-corrected chi connectivity index (χ2v) is 1.11. The first-order chi connectivity index (χ1) is 1.73. The van der Waals surface area contributed by atoms with E-state index in [1.54, 1.807) is 0 Å². The molecule has 0 rings (SSSR count). The van der Waals surface area contributed by atoms with Gasteiger partial charge in [0.2, 0.25) is 0 Å². The van der Waals surface area contributed by atoms with E-state index in [4.69, 9.17) is 4.79 Å². The van der Waals surface area contributed by atoms with Crippen molar-refractivity contribution in [2.45, 2.75) is 0 Å². The average Bonchev–Trinajstić information content (AvgIpc) is 0.811. The van der Waals surface area contributed by atoms with Crippen LogP contribution in [0.3, 0.4) is 0 Å². The molecule has 0 aliphatic rings. The third-order valence-electron chi connectivity index (χ3n) is 0. The zero-order valence-corrected chi connectivity index (χ0v) is 8.31. The molecular weight excluding hydrogens is 232 g/mol. The molecule has 0 saturated heterocycles. The van der Waals surface area contributed by atoms with Crippen molar-refractivity contribution in [3.63, 3.8) is 0 Å². The van der Waals surface area contributed by atoms with E-state index in [9.17, 15) is 0 Å². The molecular formula is CAlCl5O. The Morgan fingerprint density at radius 3 is 1.00 bits per heavy atom. The first-order valence-corrected chi connectivity index (χ1v) is 1.34. The molecule has 0 heterocycles. The zero-order chi connectivity index (χ0) is 3.58. The van der Waals surface area contributed by atoms with Crippen LogP contribution in [0.4, 0.5) is 4.79 Å². The topological polar surface area (TPSA) is 17.1 Å². The molecule has 0 unspecified atom stereocenters. The van der Waals surface area contributed by atoms with Crippen LogP contribution in [-0.4, -0.2) is 22.1 Å². The summed E-state index contributed by atoms with van der Waals surface area (Å²) in [5.41, 5.74) is 0. The zero-order valence-electron chi connectivity index (χ0n) is 3.38. The molecule has 0 aromatic carbocycles. The van der Waals surface area contributed by atoms with Gasteiger partial charge >= 0.3 is 22.1 Å². The minimum atomic E-state index is -0.889. The van der Waals surface area contributed by atoms with Crippen LogP contribution in [0, 0.1) is 0 Å². The summed E-state index contributed by atoms with van der Waals surface area (Å²) in [6.07, 6.45) is 0.